The van der Waals surface area contributed by atoms with Crippen LogP contribution in [-0.2, 0) is 14.3 Å². The first-order chi connectivity index (χ1) is 17.8. The fourth-order valence-electron chi connectivity index (χ4n) is 4.55. The van der Waals surface area contributed by atoms with Crippen LogP contribution in [0.4, 0.5) is 5.69 Å². The Morgan fingerprint density at radius 3 is 2.65 bits per heavy atom. The Hall–Kier alpha value is -3.89. The van der Waals surface area contributed by atoms with Gasteiger partial charge in [0.1, 0.15) is 22.1 Å². The van der Waals surface area contributed by atoms with E-state index >= 15 is 0 Å². The number of methoxy groups -OCH3 is 2. The molecule has 0 saturated heterocycles. The number of fused-ring (bicyclic) bond motifs is 2. The molecular formula is C26H22ClN3O6S. The van der Waals surface area contributed by atoms with Gasteiger partial charge in [-0.3, -0.25) is 14.2 Å². The number of allylic oxidation sites excluding steroid dienone is 1. The lowest BCUT2D eigenvalue weighted by atomic mass is 9.95. The SMILES string of the molecule is CCOC(=O)C1=C(C)N=c2s/c(=C3\C(=O)Nc4ccc(Cl)cc43)c(=O)n2[C@H]1c1ccc(OC)cc1OC. The second-order valence-corrected chi connectivity index (χ2v) is 9.66. The van der Waals surface area contributed by atoms with Crippen molar-refractivity contribution in [3.8, 4) is 11.5 Å². The van der Waals surface area contributed by atoms with Gasteiger partial charge in [0.25, 0.3) is 11.5 Å². The zero-order valence-corrected chi connectivity index (χ0v) is 22.0. The molecular weight excluding hydrogens is 518 g/mol. The molecule has 0 radical (unpaired) electrons. The molecule has 1 amide bonds. The number of anilines is 1. The number of aromatic nitrogens is 1. The first-order valence-corrected chi connectivity index (χ1v) is 12.5. The van der Waals surface area contributed by atoms with Gasteiger partial charge < -0.3 is 19.5 Å². The van der Waals surface area contributed by atoms with E-state index in [1.54, 1.807) is 50.2 Å². The van der Waals surface area contributed by atoms with Gasteiger partial charge in [-0.05, 0) is 44.2 Å². The van der Waals surface area contributed by atoms with Crippen LogP contribution in [-0.4, -0.2) is 37.3 Å². The van der Waals surface area contributed by atoms with Crippen molar-refractivity contribution in [1.82, 2.24) is 4.57 Å². The maximum atomic E-state index is 14.0. The van der Waals surface area contributed by atoms with Gasteiger partial charge in [-0.25, -0.2) is 9.79 Å². The minimum absolute atomic E-state index is 0.147. The predicted octanol–water partition coefficient (Wildman–Crippen LogP) is 2.79. The number of rotatable bonds is 5. The number of amides is 1. The molecule has 3 heterocycles. The Morgan fingerprint density at radius 1 is 1.16 bits per heavy atom. The Labute approximate surface area is 220 Å². The highest BCUT2D eigenvalue weighted by molar-refractivity contribution is 7.07. The molecule has 11 heteroatoms. The molecule has 190 valence electrons. The van der Waals surface area contributed by atoms with Gasteiger partial charge in [0.2, 0.25) is 0 Å². The molecule has 2 aliphatic heterocycles. The van der Waals surface area contributed by atoms with Crippen molar-refractivity contribution in [2.24, 2.45) is 4.99 Å². The summed E-state index contributed by atoms with van der Waals surface area (Å²) in [6.45, 7) is 3.54. The van der Waals surface area contributed by atoms with Crippen molar-refractivity contribution >= 4 is 46.1 Å². The van der Waals surface area contributed by atoms with Crippen LogP contribution in [0.3, 0.4) is 0 Å². The summed E-state index contributed by atoms with van der Waals surface area (Å²) >= 11 is 7.27. The van der Waals surface area contributed by atoms with Gasteiger partial charge in [-0.15, -0.1) is 0 Å². The summed E-state index contributed by atoms with van der Waals surface area (Å²) in [6.07, 6.45) is 0. The van der Waals surface area contributed by atoms with E-state index in [1.165, 1.54) is 18.8 Å². The molecule has 3 aromatic rings. The van der Waals surface area contributed by atoms with Crippen molar-refractivity contribution in [3.05, 3.63) is 83.5 Å². The number of halogens is 1. The Balaban J connectivity index is 1.84. The molecule has 0 spiro atoms. The molecule has 0 saturated carbocycles. The number of carbonyl (C=O) groups excluding carboxylic acids is 2. The maximum absolute atomic E-state index is 14.0. The van der Waals surface area contributed by atoms with Crippen LogP contribution in [0, 0.1) is 0 Å². The van der Waals surface area contributed by atoms with E-state index in [0.29, 0.717) is 43.8 Å². The lowest BCUT2D eigenvalue weighted by molar-refractivity contribution is -0.139. The van der Waals surface area contributed by atoms with Crippen molar-refractivity contribution < 1.29 is 23.8 Å². The smallest absolute Gasteiger partial charge is 0.338 e. The fourth-order valence-corrected chi connectivity index (χ4v) is 5.86. The summed E-state index contributed by atoms with van der Waals surface area (Å²) in [5.41, 5.74) is 1.97. The minimum Gasteiger partial charge on any atom is -0.497 e. The molecule has 1 N–H and O–H groups in total. The summed E-state index contributed by atoms with van der Waals surface area (Å²) in [7, 11) is 3.03. The maximum Gasteiger partial charge on any atom is 0.338 e. The zero-order valence-electron chi connectivity index (χ0n) is 20.4. The quantitative estimate of drug-likeness (QED) is 0.500. The number of ether oxygens (including phenoxy) is 3. The van der Waals surface area contributed by atoms with E-state index in [-0.39, 0.29) is 22.3 Å². The third-order valence-corrected chi connectivity index (χ3v) is 7.47. The highest BCUT2D eigenvalue weighted by Crippen LogP contribution is 2.38. The van der Waals surface area contributed by atoms with Crippen LogP contribution in [0.1, 0.15) is 31.0 Å². The molecule has 0 unspecified atom stereocenters. The predicted molar refractivity (Wildman–Crippen MR) is 139 cm³/mol. The van der Waals surface area contributed by atoms with Gasteiger partial charge in [-0.2, -0.15) is 0 Å². The number of nitrogens with zero attached hydrogens (tertiary/aromatic N) is 2. The van der Waals surface area contributed by atoms with Crippen LogP contribution >= 0.6 is 22.9 Å². The molecule has 0 fully saturated rings. The van der Waals surface area contributed by atoms with E-state index in [0.717, 1.165) is 11.3 Å². The number of hydrogen-bond acceptors (Lipinski definition) is 8. The van der Waals surface area contributed by atoms with Crippen LogP contribution in [0.15, 0.2) is 57.5 Å². The van der Waals surface area contributed by atoms with Crippen LogP contribution in [0.5, 0.6) is 11.5 Å². The van der Waals surface area contributed by atoms with Crippen molar-refractivity contribution in [2.45, 2.75) is 19.9 Å². The highest BCUT2D eigenvalue weighted by Gasteiger charge is 2.36. The molecule has 0 bridgehead atoms. The number of benzene rings is 2. The molecule has 1 atom stereocenters. The van der Waals surface area contributed by atoms with Crippen LogP contribution in [0.25, 0.3) is 5.57 Å². The van der Waals surface area contributed by atoms with Gasteiger partial charge in [0.05, 0.1) is 37.7 Å². The topological polar surface area (TPSA) is 108 Å². The summed E-state index contributed by atoms with van der Waals surface area (Å²) in [4.78, 5) is 45.0. The van der Waals surface area contributed by atoms with Crippen LogP contribution < -0.4 is 29.7 Å². The van der Waals surface area contributed by atoms with E-state index in [2.05, 4.69) is 10.3 Å². The number of thiazole rings is 1. The first kappa shape index (κ1) is 24.8. The Morgan fingerprint density at radius 2 is 1.95 bits per heavy atom. The Bertz CT molecular complexity index is 1690. The normalized spacial score (nSPS) is 17.5. The van der Waals surface area contributed by atoms with Crippen molar-refractivity contribution in [3.63, 3.8) is 0 Å². The second kappa shape index (κ2) is 9.53. The molecule has 2 aliphatic rings. The number of esters is 1. The molecule has 37 heavy (non-hydrogen) atoms. The molecule has 5 rings (SSSR count). The number of nitrogens with one attached hydrogen (secondary N) is 1. The van der Waals surface area contributed by atoms with E-state index in [9.17, 15) is 14.4 Å². The van der Waals surface area contributed by atoms with E-state index < -0.39 is 23.5 Å². The fraction of sp³-hybridized carbons (Fsp3) is 0.231. The lowest BCUT2D eigenvalue weighted by Crippen LogP contribution is -2.40. The number of hydrogen-bond donors (Lipinski definition) is 1. The highest BCUT2D eigenvalue weighted by atomic mass is 35.5. The largest absolute Gasteiger partial charge is 0.497 e. The average Bonchev–Trinajstić information content (AvgIpc) is 3.37. The summed E-state index contributed by atoms with van der Waals surface area (Å²) in [5, 5.41) is 3.21. The Kier molecular flexibility index (Phi) is 6.38. The summed E-state index contributed by atoms with van der Waals surface area (Å²) < 4.78 is 17.9. The second-order valence-electron chi connectivity index (χ2n) is 8.25. The number of carbonyl (C=O) groups is 2. The zero-order chi connectivity index (χ0) is 26.4. The van der Waals surface area contributed by atoms with E-state index in [4.69, 9.17) is 25.8 Å². The third-order valence-electron chi connectivity index (χ3n) is 6.18. The lowest BCUT2D eigenvalue weighted by Gasteiger charge is -2.26. The minimum atomic E-state index is -0.909. The third kappa shape index (κ3) is 4.02. The molecule has 1 aromatic heterocycles. The monoisotopic (exact) mass is 539 g/mol. The molecule has 2 aromatic carbocycles. The van der Waals surface area contributed by atoms with Gasteiger partial charge in [0.15, 0.2) is 4.80 Å². The molecule has 0 aliphatic carbocycles. The summed E-state index contributed by atoms with van der Waals surface area (Å²) in [5.74, 6) is -0.0534. The van der Waals surface area contributed by atoms with Gasteiger partial charge in [0, 0.05) is 27.9 Å². The molecule has 9 nitrogen and oxygen atoms in total. The first-order valence-electron chi connectivity index (χ1n) is 11.3. The average molecular weight is 540 g/mol. The van der Waals surface area contributed by atoms with Gasteiger partial charge in [-0.1, -0.05) is 22.9 Å². The van der Waals surface area contributed by atoms with E-state index in [1.807, 2.05) is 0 Å². The summed E-state index contributed by atoms with van der Waals surface area (Å²) in [6, 6.07) is 9.21. The van der Waals surface area contributed by atoms with Crippen molar-refractivity contribution in [2.75, 3.05) is 26.1 Å². The van der Waals surface area contributed by atoms with Crippen molar-refractivity contribution in [1.29, 1.82) is 0 Å². The van der Waals surface area contributed by atoms with Gasteiger partial charge >= 0.3 is 5.97 Å². The standard InChI is InChI=1S/C26H22ClN3O6S/c1-5-36-25(33)19-12(2)28-26-30(21(19)15-8-7-14(34-3)11-18(15)35-4)24(32)22(37-26)20-16-10-13(27)6-9-17(16)29-23(20)31/h6-11,21H,5H2,1-4H3,(H,29,31)/b22-20-/t21-/m0/s1. The van der Waals surface area contributed by atoms with Crippen LogP contribution in [0.2, 0.25) is 5.02 Å².